The van der Waals surface area contributed by atoms with Crippen LogP contribution in [0.25, 0.3) is 0 Å². The second-order valence-corrected chi connectivity index (χ2v) is 17.5. The summed E-state index contributed by atoms with van der Waals surface area (Å²) in [6.07, 6.45) is 7.08. The summed E-state index contributed by atoms with van der Waals surface area (Å²) in [6.45, 7) is 45.0. The highest BCUT2D eigenvalue weighted by Gasteiger charge is 2.52. The van der Waals surface area contributed by atoms with E-state index >= 15 is 0 Å². The third-order valence-electron chi connectivity index (χ3n) is 12.3. The number of hydrogen-bond donors (Lipinski definition) is 0. The summed E-state index contributed by atoms with van der Waals surface area (Å²) in [5, 5.41) is 0. The van der Waals surface area contributed by atoms with Crippen LogP contribution in [0.2, 0.25) is 0 Å². The van der Waals surface area contributed by atoms with Gasteiger partial charge >= 0.3 is 0 Å². The Balaban J connectivity index is 0.000000199. The number of nitrogens with zero attached hydrogens (tertiary/aromatic N) is 7. The summed E-state index contributed by atoms with van der Waals surface area (Å²) in [5.41, 5.74) is 1.34. The molecule has 5 aliphatic heterocycles. The Morgan fingerprint density at radius 3 is 1.30 bits per heavy atom. The highest BCUT2D eigenvalue weighted by molar-refractivity contribution is 5.07. The summed E-state index contributed by atoms with van der Waals surface area (Å²) < 4.78 is 0. The minimum atomic E-state index is 0.639. The van der Waals surface area contributed by atoms with Crippen LogP contribution < -0.4 is 0 Å². The Morgan fingerprint density at radius 1 is 0.522 bits per heavy atom. The number of piperazine rings is 2. The minimum Gasteiger partial charge on any atom is -0.302 e. The van der Waals surface area contributed by atoms with E-state index < -0.39 is 0 Å². The Morgan fingerprint density at radius 2 is 0.935 bits per heavy atom. The number of piperidine rings is 1. The Bertz CT molecular complexity index is 800. The van der Waals surface area contributed by atoms with Crippen LogP contribution in [-0.4, -0.2) is 170 Å². The van der Waals surface area contributed by atoms with E-state index in [-0.39, 0.29) is 0 Å². The fourth-order valence-electron chi connectivity index (χ4n) is 8.91. The standard InChI is InChI=1S/C19H38N4.C18H35N3.C2H6/c1-17(2)22-11-7-20(8-12-22)15-19(5-6-19)16-21-9-13-23(14-10-21)18(3)4;1-15(2)5-8-19-11-18(12-19)13-21(14-18)17-6-9-20(10-7-17)16(3)4;1-2/h17-18H,5-16H2,1-4H3;15-17H,5-14H2,1-4H3;1-2H3. The fourth-order valence-corrected chi connectivity index (χ4v) is 8.91. The molecule has 6 fully saturated rings. The maximum Gasteiger partial charge on any atom is 0.0212 e. The summed E-state index contributed by atoms with van der Waals surface area (Å²) in [6, 6.07) is 3.04. The number of likely N-dealkylation sites (tertiary alicyclic amines) is 3. The van der Waals surface area contributed by atoms with Crippen LogP contribution >= 0.6 is 0 Å². The van der Waals surface area contributed by atoms with Crippen LogP contribution in [0, 0.1) is 16.7 Å². The van der Waals surface area contributed by atoms with Crippen molar-refractivity contribution in [3.63, 3.8) is 0 Å². The zero-order chi connectivity index (χ0) is 33.5. The maximum absolute atomic E-state index is 2.79. The fraction of sp³-hybridized carbons (Fsp3) is 1.00. The molecular formula is C39H79N7. The van der Waals surface area contributed by atoms with Crippen molar-refractivity contribution < 1.29 is 0 Å². The minimum absolute atomic E-state index is 0.639. The zero-order valence-electron chi connectivity index (χ0n) is 32.6. The lowest BCUT2D eigenvalue weighted by Crippen LogP contribution is -2.73. The van der Waals surface area contributed by atoms with E-state index in [1.807, 2.05) is 13.8 Å². The van der Waals surface area contributed by atoms with Crippen LogP contribution in [0.5, 0.6) is 0 Å². The molecule has 6 rings (SSSR count). The predicted octanol–water partition coefficient (Wildman–Crippen LogP) is 5.37. The lowest BCUT2D eigenvalue weighted by Gasteiger charge is -2.63. The number of rotatable bonds is 11. The van der Waals surface area contributed by atoms with Gasteiger partial charge in [0.2, 0.25) is 0 Å². The van der Waals surface area contributed by atoms with Gasteiger partial charge in [-0.1, -0.05) is 27.7 Å². The van der Waals surface area contributed by atoms with E-state index in [0.29, 0.717) is 22.9 Å². The van der Waals surface area contributed by atoms with Gasteiger partial charge < -0.3 is 19.6 Å². The van der Waals surface area contributed by atoms with Crippen molar-refractivity contribution in [1.29, 1.82) is 0 Å². The summed E-state index contributed by atoms with van der Waals surface area (Å²) in [5.74, 6) is 0.852. The van der Waals surface area contributed by atoms with Crippen LogP contribution in [-0.2, 0) is 0 Å². The van der Waals surface area contributed by atoms with E-state index in [2.05, 4.69) is 89.7 Å². The summed E-state index contributed by atoms with van der Waals surface area (Å²) in [7, 11) is 0. The van der Waals surface area contributed by atoms with Crippen LogP contribution in [0.3, 0.4) is 0 Å². The second kappa shape index (κ2) is 17.6. The van der Waals surface area contributed by atoms with Gasteiger partial charge in [0, 0.05) is 121 Å². The Labute approximate surface area is 287 Å². The van der Waals surface area contributed by atoms with Gasteiger partial charge in [-0.3, -0.25) is 14.7 Å². The predicted molar refractivity (Wildman–Crippen MR) is 199 cm³/mol. The molecule has 0 bridgehead atoms. The first-order valence-electron chi connectivity index (χ1n) is 20.1. The number of hydrogen-bond acceptors (Lipinski definition) is 7. The Kier molecular flexibility index (Phi) is 14.7. The molecule has 270 valence electrons. The first-order valence-corrected chi connectivity index (χ1v) is 20.1. The monoisotopic (exact) mass is 646 g/mol. The van der Waals surface area contributed by atoms with Gasteiger partial charge in [0.05, 0.1) is 0 Å². The van der Waals surface area contributed by atoms with Gasteiger partial charge in [-0.15, -0.1) is 0 Å². The molecule has 0 N–H and O–H groups in total. The molecule has 1 aliphatic carbocycles. The molecule has 1 saturated carbocycles. The lowest BCUT2D eigenvalue weighted by molar-refractivity contribution is -0.137. The Hall–Kier alpha value is -0.280. The average molecular weight is 646 g/mol. The topological polar surface area (TPSA) is 22.7 Å². The zero-order valence-corrected chi connectivity index (χ0v) is 32.6. The molecule has 7 nitrogen and oxygen atoms in total. The normalized spacial score (nSPS) is 27.0. The van der Waals surface area contributed by atoms with Gasteiger partial charge in [0.1, 0.15) is 0 Å². The summed E-state index contributed by atoms with van der Waals surface area (Å²) in [4.78, 5) is 18.9. The van der Waals surface area contributed by atoms with E-state index in [1.165, 1.54) is 143 Å². The van der Waals surface area contributed by atoms with E-state index in [1.54, 1.807) is 0 Å². The molecule has 0 aromatic rings. The summed E-state index contributed by atoms with van der Waals surface area (Å²) >= 11 is 0. The van der Waals surface area contributed by atoms with Crippen molar-refractivity contribution in [2.75, 3.05) is 111 Å². The van der Waals surface area contributed by atoms with Crippen molar-refractivity contribution in [2.24, 2.45) is 16.7 Å². The molecular weight excluding hydrogens is 566 g/mol. The largest absolute Gasteiger partial charge is 0.302 e. The maximum atomic E-state index is 2.79. The van der Waals surface area contributed by atoms with Gasteiger partial charge in [-0.2, -0.15) is 0 Å². The highest BCUT2D eigenvalue weighted by atomic mass is 15.3. The molecule has 5 heterocycles. The van der Waals surface area contributed by atoms with Crippen LogP contribution in [0.1, 0.15) is 101 Å². The molecule has 0 unspecified atom stereocenters. The van der Waals surface area contributed by atoms with Crippen LogP contribution in [0.4, 0.5) is 0 Å². The molecule has 5 saturated heterocycles. The van der Waals surface area contributed by atoms with Gasteiger partial charge in [-0.05, 0) is 105 Å². The third-order valence-corrected chi connectivity index (χ3v) is 12.3. The second-order valence-electron chi connectivity index (χ2n) is 17.5. The SMILES string of the molecule is CC.CC(C)CCN1CC2(C1)CN(C1CCN(C(C)C)CC1)C2.CC(C)N1CCN(CC2(CN3CCN(C(C)C)CC3)CC2)CC1. The van der Waals surface area contributed by atoms with Crippen molar-refractivity contribution in [2.45, 2.75) is 126 Å². The molecule has 0 aromatic heterocycles. The first-order chi connectivity index (χ1) is 21.9. The molecule has 1 spiro atoms. The van der Waals surface area contributed by atoms with E-state index in [4.69, 9.17) is 0 Å². The first kappa shape index (κ1) is 38.5. The van der Waals surface area contributed by atoms with Crippen molar-refractivity contribution in [3.05, 3.63) is 0 Å². The molecule has 0 amide bonds. The molecule has 46 heavy (non-hydrogen) atoms. The molecule has 0 atom stereocenters. The van der Waals surface area contributed by atoms with Gasteiger partial charge in [0.15, 0.2) is 0 Å². The molecule has 0 aromatic carbocycles. The quantitative estimate of drug-likeness (QED) is 0.298. The van der Waals surface area contributed by atoms with Gasteiger partial charge in [-0.25, -0.2) is 0 Å². The molecule has 7 heteroatoms. The highest BCUT2D eigenvalue weighted by Crippen LogP contribution is 2.47. The van der Waals surface area contributed by atoms with Crippen molar-refractivity contribution >= 4 is 0 Å². The van der Waals surface area contributed by atoms with Gasteiger partial charge in [0.25, 0.3) is 0 Å². The molecule has 0 radical (unpaired) electrons. The molecule has 6 aliphatic rings. The van der Waals surface area contributed by atoms with Crippen molar-refractivity contribution in [3.8, 4) is 0 Å². The lowest BCUT2D eigenvalue weighted by atomic mass is 9.71. The average Bonchev–Trinajstić information content (AvgIpc) is 3.76. The smallest absolute Gasteiger partial charge is 0.0212 e. The van der Waals surface area contributed by atoms with E-state index in [9.17, 15) is 0 Å². The van der Waals surface area contributed by atoms with E-state index in [0.717, 1.165) is 18.0 Å². The van der Waals surface area contributed by atoms with Crippen LogP contribution in [0.15, 0.2) is 0 Å². The van der Waals surface area contributed by atoms with Crippen molar-refractivity contribution in [1.82, 2.24) is 34.3 Å². The third kappa shape index (κ3) is 10.9.